The third kappa shape index (κ3) is 6.38. The van der Waals surface area contributed by atoms with Gasteiger partial charge in [-0.15, -0.1) is 0 Å². The highest BCUT2D eigenvalue weighted by Crippen LogP contribution is 2.10. The molecule has 0 saturated carbocycles. The minimum atomic E-state index is 0.690. The molecule has 0 aliphatic heterocycles. The van der Waals surface area contributed by atoms with E-state index in [1.165, 1.54) is 9.13 Å². The fraction of sp³-hybridized carbons (Fsp3) is 0.571. The third-order valence-corrected chi connectivity index (χ3v) is 3.27. The van der Waals surface area contributed by atoms with Crippen molar-refractivity contribution in [2.75, 3.05) is 26.8 Å². The van der Waals surface area contributed by atoms with Crippen molar-refractivity contribution in [3.8, 4) is 0 Å². The van der Waals surface area contributed by atoms with Crippen molar-refractivity contribution in [2.24, 2.45) is 5.92 Å². The average molecular weight is 347 g/mol. The van der Waals surface area contributed by atoms with Crippen LogP contribution in [-0.2, 0) is 11.3 Å². The number of nitrogens with zero attached hydrogens (tertiary/aromatic N) is 1. The fourth-order valence-corrected chi connectivity index (χ4v) is 2.18. The number of ether oxygens (including phenoxy) is 1. The van der Waals surface area contributed by atoms with Crippen LogP contribution in [0.25, 0.3) is 0 Å². The van der Waals surface area contributed by atoms with Crippen LogP contribution in [0.3, 0.4) is 0 Å². The molecule has 0 aromatic heterocycles. The van der Waals surface area contributed by atoms with Crippen molar-refractivity contribution in [1.82, 2.24) is 4.90 Å². The molecule has 0 N–H and O–H groups in total. The molecule has 0 unspecified atom stereocenters. The van der Waals surface area contributed by atoms with Crippen molar-refractivity contribution >= 4 is 22.6 Å². The van der Waals surface area contributed by atoms with Crippen molar-refractivity contribution in [2.45, 2.75) is 20.4 Å². The molecule has 3 heteroatoms. The number of rotatable bonds is 7. The molecule has 2 nitrogen and oxygen atoms in total. The van der Waals surface area contributed by atoms with E-state index in [0.29, 0.717) is 5.92 Å². The Morgan fingerprint density at radius 2 is 1.88 bits per heavy atom. The lowest BCUT2D eigenvalue weighted by Gasteiger charge is -2.24. The van der Waals surface area contributed by atoms with Crippen molar-refractivity contribution < 1.29 is 4.74 Å². The zero-order chi connectivity index (χ0) is 12.7. The predicted molar refractivity (Wildman–Crippen MR) is 81.2 cm³/mol. The maximum atomic E-state index is 5.17. The Balaban J connectivity index is 2.54. The van der Waals surface area contributed by atoms with Crippen LogP contribution in [0.5, 0.6) is 0 Å². The largest absolute Gasteiger partial charge is 0.383 e. The first-order valence-corrected chi connectivity index (χ1v) is 7.15. The van der Waals surface area contributed by atoms with Crippen LogP contribution < -0.4 is 0 Å². The molecule has 0 spiro atoms. The van der Waals surface area contributed by atoms with Crippen molar-refractivity contribution in [3.63, 3.8) is 0 Å². The van der Waals surface area contributed by atoms with Crippen molar-refractivity contribution in [1.29, 1.82) is 0 Å². The van der Waals surface area contributed by atoms with Crippen LogP contribution in [0.4, 0.5) is 0 Å². The van der Waals surface area contributed by atoms with Gasteiger partial charge in [-0.3, -0.25) is 4.90 Å². The second-order valence-corrected chi connectivity index (χ2v) is 5.99. The topological polar surface area (TPSA) is 12.5 Å². The van der Waals surface area contributed by atoms with E-state index in [9.17, 15) is 0 Å². The zero-order valence-corrected chi connectivity index (χ0v) is 13.1. The van der Waals surface area contributed by atoms with Gasteiger partial charge in [-0.1, -0.05) is 26.0 Å². The van der Waals surface area contributed by atoms with Crippen LogP contribution in [-0.4, -0.2) is 31.7 Å². The van der Waals surface area contributed by atoms with E-state index in [-0.39, 0.29) is 0 Å². The van der Waals surface area contributed by atoms with Gasteiger partial charge in [0.2, 0.25) is 0 Å². The first-order chi connectivity index (χ1) is 8.11. The molecule has 96 valence electrons. The van der Waals surface area contributed by atoms with E-state index in [0.717, 1.165) is 26.2 Å². The lowest BCUT2D eigenvalue weighted by Crippen LogP contribution is -2.30. The highest BCUT2D eigenvalue weighted by Gasteiger charge is 2.07. The quantitative estimate of drug-likeness (QED) is 0.701. The molecule has 0 amide bonds. The Kier molecular flexibility index (Phi) is 7.08. The molecule has 0 aliphatic rings. The Bertz CT molecular complexity index is 311. The summed E-state index contributed by atoms with van der Waals surface area (Å²) in [6, 6.07) is 8.75. The zero-order valence-electron chi connectivity index (χ0n) is 10.9. The number of halogens is 1. The van der Waals surface area contributed by atoms with Gasteiger partial charge in [0.1, 0.15) is 0 Å². The number of methoxy groups -OCH3 is 1. The molecular weight excluding hydrogens is 325 g/mol. The van der Waals surface area contributed by atoms with Crippen LogP contribution in [0.1, 0.15) is 19.4 Å². The molecule has 0 aliphatic carbocycles. The summed E-state index contributed by atoms with van der Waals surface area (Å²) < 4.78 is 6.46. The fourth-order valence-electron chi connectivity index (χ4n) is 1.82. The third-order valence-electron chi connectivity index (χ3n) is 2.55. The van der Waals surface area contributed by atoms with Gasteiger partial charge in [-0.05, 0) is 46.2 Å². The van der Waals surface area contributed by atoms with Gasteiger partial charge in [0.25, 0.3) is 0 Å². The van der Waals surface area contributed by atoms with Crippen molar-refractivity contribution in [3.05, 3.63) is 33.4 Å². The van der Waals surface area contributed by atoms with Gasteiger partial charge in [0.15, 0.2) is 0 Å². The lowest BCUT2D eigenvalue weighted by molar-refractivity contribution is 0.136. The number of hydrogen-bond donors (Lipinski definition) is 0. The van der Waals surface area contributed by atoms with Gasteiger partial charge >= 0.3 is 0 Å². The predicted octanol–water partition coefficient (Wildman–Crippen LogP) is 3.40. The van der Waals surface area contributed by atoms with E-state index in [2.05, 4.69) is 65.6 Å². The average Bonchev–Trinajstić information content (AvgIpc) is 2.28. The van der Waals surface area contributed by atoms with Gasteiger partial charge in [0, 0.05) is 30.3 Å². The highest BCUT2D eigenvalue weighted by atomic mass is 127. The molecule has 0 heterocycles. The van der Waals surface area contributed by atoms with Crippen LogP contribution in [0, 0.1) is 9.49 Å². The molecule has 1 rings (SSSR count). The first-order valence-electron chi connectivity index (χ1n) is 6.07. The monoisotopic (exact) mass is 347 g/mol. The molecule has 1 aromatic carbocycles. The van der Waals surface area contributed by atoms with Crippen LogP contribution >= 0.6 is 22.6 Å². The standard InChI is InChI=1S/C14H22INO/c1-12(2)10-16(8-9-17-3)11-13-4-6-14(15)7-5-13/h4-7,12H,8-11H2,1-3H3. The summed E-state index contributed by atoms with van der Waals surface area (Å²) in [6.45, 7) is 8.45. The summed E-state index contributed by atoms with van der Waals surface area (Å²) in [5.41, 5.74) is 1.38. The molecule has 0 fully saturated rings. The van der Waals surface area contributed by atoms with E-state index in [1.807, 2.05) is 0 Å². The number of hydrogen-bond acceptors (Lipinski definition) is 2. The Hall–Kier alpha value is -0.130. The highest BCUT2D eigenvalue weighted by molar-refractivity contribution is 14.1. The molecule has 0 saturated heterocycles. The van der Waals surface area contributed by atoms with E-state index in [4.69, 9.17) is 4.74 Å². The maximum absolute atomic E-state index is 5.17. The summed E-state index contributed by atoms with van der Waals surface area (Å²) in [6.07, 6.45) is 0. The minimum Gasteiger partial charge on any atom is -0.383 e. The smallest absolute Gasteiger partial charge is 0.0589 e. The Morgan fingerprint density at radius 3 is 2.41 bits per heavy atom. The maximum Gasteiger partial charge on any atom is 0.0589 e. The molecule has 0 atom stereocenters. The SMILES string of the molecule is COCCN(Cc1ccc(I)cc1)CC(C)C. The van der Waals surface area contributed by atoms with E-state index >= 15 is 0 Å². The van der Waals surface area contributed by atoms with Gasteiger partial charge in [0.05, 0.1) is 6.61 Å². The van der Waals surface area contributed by atoms with Gasteiger partial charge in [-0.25, -0.2) is 0 Å². The summed E-state index contributed by atoms with van der Waals surface area (Å²) in [4.78, 5) is 2.45. The first kappa shape index (κ1) is 14.9. The van der Waals surface area contributed by atoms with Gasteiger partial charge < -0.3 is 4.74 Å². The molecule has 0 radical (unpaired) electrons. The Labute approximate surface area is 118 Å². The summed E-state index contributed by atoms with van der Waals surface area (Å²) in [5, 5.41) is 0. The minimum absolute atomic E-state index is 0.690. The summed E-state index contributed by atoms with van der Waals surface area (Å²) >= 11 is 2.34. The van der Waals surface area contributed by atoms with Crippen LogP contribution in [0.2, 0.25) is 0 Å². The summed E-state index contributed by atoms with van der Waals surface area (Å²) in [5.74, 6) is 0.690. The normalized spacial score (nSPS) is 11.4. The van der Waals surface area contributed by atoms with E-state index in [1.54, 1.807) is 7.11 Å². The Morgan fingerprint density at radius 1 is 1.24 bits per heavy atom. The van der Waals surface area contributed by atoms with E-state index < -0.39 is 0 Å². The second-order valence-electron chi connectivity index (χ2n) is 4.75. The second kappa shape index (κ2) is 8.06. The molecular formula is C14H22INO. The number of benzene rings is 1. The summed E-state index contributed by atoms with van der Waals surface area (Å²) in [7, 11) is 1.76. The molecule has 0 bridgehead atoms. The molecule has 17 heavy (non-hydrogen) atoms. The van der Waals surface area contributed by atoms with Gasteiger partial charge in [-0.2, -0.15) is 0 Å². The molecule has 1 aromatic rings. The van der Waals surface area contributed by atoms with Crippen LogP contribution in [0.15, 0.2) is 24.3 Å². The lowest BCUT2D eigenvalue weighted by atomic mass is 10.1.